The highest BCUT2D eigenvalue weighted by Gasteiger charge is 2.57. The number of hydrogen-bond acceptors (Lipinski definition) is 5. The van der Waals surface area contributed by atoms with E-state index in [2.05, 4.69) is 20.3 Å². The van der Waals surface area contributed by atoms with Crippen LogP contribution in [-0.2, 0) is 5.60 Å². The van der Waals surface area contributed by atoms with Crippen molar-refractivity contribution in [3.63, 3.8) is 0 Å². The lowest BCUT2D eigenvalue weighted by atomic mass is 9.92. The van der Waals surface area contributed by atoms with Crippen molar-refractivity contribution in [2.24, 2.45) is 0 Å². The molecule has 1 aliphatic heterocycles. The maximum absolute atomic E-state index is 14.3. The summed E-state index contributed by atoms with van der Waals surface area (Å²) in [6.45, 7) is 0.771. The average Bonchev–Trinajstić information content (AvgIpc) is 3.47. The number of aromatic nitrogens is 3. The Balaban J connectivity index is 1.53. The first-order chi connectivity index (χ1) is 17.1. The van der Waals surface area contributed by atoms with Gasteiger partial charge in [-0.15, -0.1) is 0 Å². The predicted molar refractivity (Wildman–Crippen MR) is 122 cm³/mol. The fraction of sp³-hybridized carbons (Fsp3) is 0.240. The molecule has 0 spiro atoms. The molecule has 3 N–H and O–H groups in total. The Kier molecular flexibility index (Phi) is 5.67. The number of nitrogens with zero attached hydrogens (tertiary/aromatic N) is 2. The highest BCUT2D eigenvalue weighted by atomic mass is 19.4. The van der Waals surface area contributed by atoms with Crippen molar-refractivity contribution in [1.82, 2.24) is 20.3 Å². The third kappa shape index (κ3) is 4.05. The van der Waals surface area contributed by atoms with Crippen LogP contribution in [0.25, 0.3) is 22.3 Å². The fourth-order valence-corrected chi connectivity index (χ4v) is 4.08. The summed E-state index contributed by atoms with van der Waals surface area (Å²) in [5.74, 6) is -1.42. The number of alkyl halides is 3. The minimum atomic E-state index is -5.19. The third-order valence-corrected chi connectivity index (χ3v) is 6.17. The molecule has 186 valence electrons. The number of carbonyl (C=O) groups is 1. The van der Waals surface area contributed by atoms with Gasteiger partial charge < -0.3 is 20.1 Å². The number of nitrogens with one attached hydrogen (secondary N) is 2. The summed E-state index contributed by atoms with van der Waals surface area (Å²) in [5.41, 5.74) is -3.17. The van der Waals surface area contributed by atoms with Crippen LogP contribution >= 0.6 is 0 Å². The number of ether oxygens (including phenoxy) is 1. The molecule has 5 rings (SSSR count). The summed E-state index contributed by atoms with van der Waals surface area (Å²) in [5, 5.41) is 13.8. The molecule has 2 atom stereocenters. The SMILES string of the molecule is C[C@@H]1COc2c1cc([C@@](O)(CNC(=O)c1ccc3cc[nH]c3n1)C(F)(F)F)nc2-c1ccc(F)cc1. The summed E-state index contributed by atoms with van der Waals surface area (Å²) in [6.07, 6.45) is -3.58. The van der Waals surface area contributed by atoms with Gasteiger partial charge in [0.1, 0.15) is 28.6 Å². The molecule has 0 bridgehead atoms. The van der Waals surface area contributed by atoms with E-state index in [-0.39, 0.29) is 29.7 Å². The smallest absolute Gasteiger partial charge is 0.424 e. The summed E-state index contributed by atoms with van der Waals surface area (Å²) in [7, 11) is 0. The number of benzene rings is 1. The minimum Gasteiger partial charge on any atom is -0.490 e. The molecule has 1 aliphatic rings. The van der Waals surface area contributed by atoms with Crippen LogP contribution in [0, 0.1) is 5.82 Å². The normalized spacial score (nSPS) is 16.9. The Morgan fingerprint density at radius 1 is 1.17 bits per heavy atom. The molecule has 0 aliphatic carbocycles. The third-order valence-electron chi connectivity index (χ3n) is 6.17. The Hall–Kier alpha value is -3.99. The van der Waals surface area contributed by atoms with E-state index in [4.69, 9.17) is 4.74 Å². The lowest BCUT2D eigenvalue weighted by Crippen LogP contribution is -2.51. The number of fused-ring (bicyclic) bond motifs is 2. The standard InChI is InChI=1S/C25H20F4N4O3/c1-13-11-36-21-17(13)10-19(33-20(21)14-2-5-16(26)6-3-14)24(35,25(27,28)29)12-31-23(34)18-7-4-15-8-9-30-22(15)32-18/h2-10,13,35H,11-12H2,1H3,(H,30,32)(H,31,34)/t13-,24+/m1/s1. The number of hydrogen-bond donors (Lipinski definition) is 3. The van der Waals surface area contributed by atoms with Crippen LogP contribution in [0.1, 0.15) is 34.6 Å². The number of pyridine rings is 2. The molecule has 4 aromatic rings. The van der Waals surface area contributed by atoms with Gasteiger partial charge in [0.05, 0.1) is 18.8 Å². The van der Waals surface area contributed by atoms with Crippen molar-refractivity contribution < 1.29 is 32.2 Å². The first-order valence-electron chi connectivity index (χ1n) is 11.0. The summed E-state index contributed by atoms with van der Waals surface area (Å²) in [4.78, 5) is 23.7. The van der Waals surface area contributed by atoms with E-state index in [0.717, 1.165) is 23.6 Å². The van der Waals surface area contributed by atoms with E-state index in [1.165, 1.54) is 18.2 Å². The molecule has 0 unspecified atom stereocenters. The minimum absolute atomic E-state index is 0.0414. The van der Waals surface area contributed by atoms with E-state index in [9.17, 15) is 27.5 Å². The molecule has 36 heavy (non-hydrogen) atoms. The molecule has 3 aromatic heterocycles. The lowest BCUT2D eigenvalue weighted by Gasteiger charge is -2.31. The van der Waals surface area contributed by atoms with Crippen molar-refractivity contribution in [3.8, 4) is 17.0 Å². The Morgan fingerprint density at radius 3 is 2.64 bits per heavy atom. The first-order valence-corrected chi connectivity index (χ1v) is 11.0. The van der Waals surface area contributed by atoms with E-state index < -0.39 is 35.7 Å². The largest absolute Gasteiger partial charge is 0.490 e. The van der Waals surface area contributed by atoms with Crippen molar-refractivity contribution in [3.05, 3.63) is 77.5 Å². The molecule has 1 amide bonds. The summed E-state index contributed by atoms with van der Waals surface area (Å²) < 4.78 is 62.0. The van der Waals surface area contributed by atoms with Crippen molar-refractivity contribution >= 4 is 16.9 Å². The number of aliphatic hydroxyl groups is 1. The second kappa shape index (κ2) is 8.59. The van der Waals surface area contributed by atoms with Crippen molar-refractivity contribution in [2.45, 2.75) is 24.6 Å². The number of rotatable bonds is 5. The average molecular weight is 500 g/mol. The van der Waals surface area contributed by atoms with Crippen LogP contribution in [0.4, 0.5) is 17.6 Å². The number of carbonyl (C=O) groups excluding carboxylic acids is 1. The zero-order valence-corrected chi connectivity index (χ0v) is 18.9. The van der Waals surface area contributed by atoms with Crippen LogP contribution < -0.4 is 10.1 Å². The second-order valence-corrected chi connectivity index (χ2v) is 8.65. The van der Waals surface area contributed by atoms with Crippen LogP contribution in [0.15, 0.2) is 54.7 Å². The first kappa shape index (κ1) is 23.7. The molecule has 1 aromatic carbocycles. The Morgan fingerprint density at radius 2 is 1.92 bits per heavy atom. The van der Waals surface area contributed by atoms with Gasteiger partial charge in [0.25, 0.3) is 5.91 Å². The maximum Gasteiger partial charge on any atom is 0.424 e. The van der Waals surface area contributed by atoms with Crippen LogP contribution in [0.3, 0.4) is 0 Å². The molecule has 7 nitrogen and oxygen atoms in total. The van der Waals surface area contributed by atoms with Gasteiger partial charge in [-0.25, -0.2) is 14.4 Å². The molecule has 0 saturated carbocycles. The highest BCUT2D eigenvalue weighted by Crippen LogP contribution is 2.45. The van der Waals surface area contributed by atoms with Crippen LogP contribution in [0.5, 0.6) is 5.75 Å². The topological polar surface area (TPSA) is 100 Å². The van der Waals surface area contributed by atoms with E-state index in [0.29, 0.717) is 16.8 Å². The number of halogens is 4. The zero-order chi connectivity index (χ0) is 25.7. The van der Waals surface area contributed by atoms with E-state index in [1.54, 1.807) is 25.3 Å². The van der Waals surface area contributed by atoms with Crippen LogP contribution in [0.2, 0.25) is 0 Å². The monoisotopic (exact) mass is 500 g/mol. The molecule has 4 heterocycles. The number of aromatic amines is 1. The van der Waals surface area contributed by atoms with Crippen molar-refractivity contribution in [1.29, 1.82) is 0 Å². The molecule has 0 saturated heterocycles. The van der Waals surface area contributed by atoms with Gasteiger partial charge >= 0.3 is 6.18 Å². The van der Waals surface area contributed by atoms with E-state index in [1.807, 2.05) is 0 Å². The zero-order valence-electron chi connectivity index (χ0n) is 18.9. The van der Waals surface area contributed by atoms with Gasteiger partial charge in [0.2, 0.25) is 5.60 Å². The highest BCUT2D eigenvalue weighted by molar-refractivity contribution is 5.94. The fourth-order valence-electron chi connectivity index (χ4n) is 4.08. The van der Waals surface area contributed by atoms with E-state index >= 15 is 0 Å². The molecular formula is C25H20F4N4O3. The molecular weight excluding hydrogens is 480 g/mol. The molecule has 0 fully saturated rings. The van der Waals surface area contributed by atoms with Gasteiger partial charge in [0, 0.05) is 28.6 Å². The Bertz CT molecular complexity index is 1450. The number of H-pyrrole nitrogens is 1. The Labute approximate surface area is 202 Å². The maximum atomic E-state index is 14.3. The quantitative estimate of drug-likeness (QED) is 0.352. The summed E-state index contributed by atoms with van der Waals surface area (Å²) >= 11 is 0. The summed E-state index contributed by atoms with van der Waals surface area (Å²) in [6, 6.07) is 10.9. The van der Waals surface area contributed by atoms with Crippen LogP contribution in [-0.4, -0.2) is 45.3 Å². The van der Waals surface area contributed by atoms with Crippen molar-refractivity contribution in [2.75, 3.05) is 13.2 Å². The molecule has 0 radical (unpaired) electrons. The number of amides is 1. The van der Waals surface area contributed by atoms with Gasteiger partial charge in [-0.2, -0.15) is 13.2 Å². The van der Waals surface area contributed by atoms with Gasteiger partial charge in [-0.1, -0.05) is 6.92 Å². The van der Waals surface area contributed by atoms with Gasteiger partial charge in [0.15, 0.2) is 0 Å². The molecule has 11 heteroatoms. The van der Waals surface area contributed by atoms with Gasteiger partial charge in [-0.3, -0.25) is 4.79 Å². The second-order valence-electron chi connectivity index (χ2n) is 8.65. The van der Waals surface area contributed by atoms with Gasteiger partial charge in [-0.05, 0) is 48.5 Å². The lowest BCUT2D eigenvalue weighted by molar-refractivity contribution is -0.265. The predicted octanol–water partition coefficient (Wildman–Crippen LogP) is 4.44.